The Balaban J connectivity index is 1.89. The van der Waals surface area contributed by atoms with Crippen LogP contribution < -0.4 is 5.32 Å². The van der Waals surface area contributed by atoms with Gasteiger partial charge in [0.2, 0.25) is 5.91 Å². The van der Waals surface area contributed by atoms with Gasteiger partial charge in [-0.3, -0.25) is 14.6 Å². The van der Waals surface area contributed by atoms with E-state index in [2.05, 4.69) is 22.2 Å². The number of carbonyl (C=O) groups is 2. The quantitative estimate of drug-likeness (QED) is 0.584. The van der Waals surface area contributed by atoms with Crippen molar-refractivity contribution in [2.24, 2.45) is 0 Å². The summed E-state index contributed by atoms with van der Waals surface area (Å²) in [5.74, 6) is -0.674. The lowest BCUT2D eigenvalue weighted by atomic mass is 10.2. The van der Waals surface area contributed by atoms with E-state index in [-0.39, 0.29) is 29.7 Å². The maximum Gasteiger partial charge on any atom is 0.274 e. The van der Waals surface area contributed by atoms with E-state index in [1.54, 1.807) is 23.2 Å². The van der Waals surface area contributed by atoms with Gasteiger partial charge in [-0.25, -0.2) is 9.37 Å². The number of aromatic nitrogens is 2. The van der Waals surface area contributed by atoms with E-state index >= 15 is 0 Å². The van der Waals surface area contributed by atoms with Crippen LogP contribution in [0.4, 0.5) is 4.39 Å². The van der Waals surface area contributed by atoms with Crippen molar-refractivity contribution in [3.05, 3.63) is 59.4 Å². The SMILES string of the molecule is CCCCCCN(CCC(=O)NCc1ccc(F)cc1)C(=O)c1cnc(C)cn1. The maximum absolute atomic E-state index is 12.9. The molecule has 0 bridgehead atoms. The van der Waals surface area contributed by atoms with Crippen LogP contribution in [0.1, 0.15) is 60.8 Å². The number of nitrogens with one attached hydrogen (secondary N) is 1. The molecule has 7 heteroatoms. The van der Waals surface area contributed by atoms with Crippen LogP contribution in [0.15, 0.2) is 36.7 Å². The average Bonchev–Trinajstić information content (AvgIpc) is 2.73. The van der Waals surface area contributed by atoms with Gasteiger partial charge in [-0.2, -0.15) is 0 Å². The molecule has 0 aliphatic carbocycles. The van der Waals surface area contributed by atoms with E-state index in [9.17, 15) is 14.0 Å². The Labute approximate surface area is 171 Å². The largest absolute Gasteiger partial charge is 0.352 e. The minimum absolute atomic E-state index is 0.157. The van der Waals surface area contributed by atoms with Crippen molar-refractivity contribution in [1.29, 1.82) is 0 Å². The molecule has 0 unspecified atom stereocenters. The molecule has 29 heavy (non-hydrogen) atoms. The Bertz CT molecular complexity index is 778. The van der Waals surface area contributed by atoms with Gasteiger partial charge >= 0.3 is 0 Å². The van der Waals surface area contributed by atoms with Gasteiger partial charge in [-0.1, -0.05) is 38.3 Å². The summed E-state index contributed by atoms with van der Waals surface area (Å²) < 4.78 is 12.9. The number of hydrogen-bond acceptors (Lipinski definition) is 4. The number of unbranched alkanes of at least 4 members (excludes halogenated alkanes) is 3. The highest BCUT2D eigenvalue weighted by atomic mass is 19.1. The Morgan fingerprint density at radius 1 is 1.03 bits per heavy atom. The van der Waals surface area contributed by atoms with Crippen LogP contribution in [-0.2, 0) is 11.3 Å². The molecule has 0 saturated heterocycles. The first-order chi connectivity index (χ1) is 14.0. The number of benzene rings is 1. The Morgan fingerprint density at radius 3 is 2.45 bits per heavy atom. The van der Waals surface area contributed by atoms with E-state index in [0.29, 0.717) is 19.6 Å². The molecular formula is C22H29FN4O2. The second-order valence-electron chi connectivity index (χ2n) is 7.05. The van der Waals surface area contributed by atoms with Crippen LogP contribution in [-0.4, -0.2) is 39.8 Å². The fraction of sp³-hybridized carbons (Fsp3) is 0.455. The minimum Gasteiger partial charge on any atom is -0.352 e. The average molecular weight is 400 g/mol. The molecular weight excluding hydrogens is 371 g/mol. The third-order valence-electron chi connectivity index (χ3n) is 4.58. The molecule has 1 aromatic carbocycles. The highest BCUT2D eigenvalue weighted by Crippen LogP contribution is 2.08. The standard InChI is InChI=1S/C22H29FN4O2/c1-3-4-5-6-12-27(22(29)20-16-24-17(2)14-25-20)13-11-21(28)26-15-18-7-9-19(23)10-8-18/h7-10,14,16H,3-6,11-13,15H2,1-2H3,(H,26,28). The van der Waals surface area contributed by atoms with E-state index in [0.717, 1.165) is 36.9 Å². The Kier molecular flexibility index (Phi) is 9.21. The molecule has 156 valence electrons. The summed E-state index contributed by atoms with van der Waals surface area (Å²) in [6.45, 7) is 5.17. The van der Waals surface area contributed by atoms with Crippen molar-refractivity contribution in [3.63, 3.8) is 0 Å². The first-order valence-corrected chi connectivity index (χ1v) is 10.1. The van der Waals surface area contributed by atoms with Crippen molar-refractivity contribution >= 4 is 11.8 Å². The fourth-order valence-corrected chi connectivity index (χ4v) is 2.84. The monoisotopic (exact) mass is 400 g/mol. The van der Waals surface area contributed by atoms with Gasteiger partial charge < -0.3 is 10.2 Å². The molecule has 6 nitrogen and oxygen atoms in total. The molecule has 2 aromatic rings. The summed E-state index contributed by atoms with van der Waals surface area (Å²) in [7, 11) is 0. The highest BCUT2D eigenvalue weighted by molar-refractivity contribution is 5.92. The molecule has 0 spiro atoms. The third kappa shape index (κ3) is 7.97. The number of aryl methyl sites for hydroxylation is 1. The molecule has 1 N–H and O–H groups in total. The summed E-state index contributed by atoms with van der Waals surface area (Å²) in [6, 6.07) is 5.99. The first-order valence-electron chi connectivity index (χ1n) is 10.1. The molecule has 2 rings (SSSR count). The topological polar surface area (TPSA) is 75.2 Å². The lowest BCUT2D eigenvalue weighted by Gasteiger charge is -2.22. The molecule has 0 atom stereocenters. The number of halogens is 1. The molecule has 1 heterocycles. The maximum atomic E-state index is 12.9. The minimum atomic E-state index is -0.309. The Hall–Kier alpha value is -2.83. The number of amides is 2. The van der Waals surface area contributed by atoms with Crippen molar-refractivity contribution in [3.8, 4) is 0 Å². The van der Waals surface area contributed by atoms with Crippen LogP contribution in [0.3, 0.4) is 0 Å². The molecule has 0 radical (unpaired) electrons. The highest BCUT2D eigenvalue weighted by Gasteiger charge is 2.18. The predicted molar refractivity (Wildman–Crippen MR) is 110 cm³/mol. The molecule has 0 saturated carbocycles. The number of rotatable bonds is 11. The lowest BCUT2D eigenvalue weighted by molar-refractivity contribution is -0.121. The summed E-state index contributed by atoms with van der Waals surface area (Å²) >= 11 is 0. The zero-order chi connectivity index (χ0) is 21.1. The number of carbonyl (C=O) groups excluding carboxylic acids is 2. The number of nitrogens with zero attached hydrogens (tertiary/aromatic N) is 3. The first kappa shape index (κ1) is 22.5. The summed E-state index contributed by atoms with van der Waals surface area (Å²) in [4.78, 5) is 35.0. The molecule has 0 fully saturated rings. The van der Waals surface area contributed by atoms with Crippen molar-refractivity contribution < 1.29 is 14.0 Å². The van der Waals surface area contributed by atoms with E-state index < -0.39 is 0 Å². The smallest absolute Gasteiger partial charge is 0.274 e. The van der Waals surface area contributed by atoms with E-state index in [4.69, 9.17) is 0 Å². The number of hydrogen-bond donors (Lipinski definition) is 1. The Morgan fingerprint density at radius 2 is 1.79 bits per heavy atom. The van der Waals surface area contributed by atoms with Crippen LogP contribution in [0.25, 0.3) is 0 Å². The van der Waals surface area contributed by atoms with Crippen LogP contribution >= 0.6 is 0 Å². The fourth-order valence-electron chi connectivity index (χ4n) is 2.84. The molecule has 0 aliphatic heterocycles. The zero-order valence-electron chi connectivity index (χ0n) is 17.2. The van der Waals surface area contributed by atoms with Gasteiger partial charge in [0.05, 0.1) is 11.9 Å². The molecule has 1 aromatic heterocycles. The lowest BCUT2D eigenvalue weighted by Crippen LogP contribution is -2.36. The van der Waals surface area contributed by atoms with Crippen molar-refractivity contribution in [2.45, 2.75) is 52.5 Å². The summed E-state index contributed by atoms with van der Waals surface area (Å²) in [5, 5.41) is 2.81. The van der Waals surface area contributed by atoms with Gasteiger partial charge in [0, 0.05) is 32.3 Å². The molecule has 2 amide bonds. The van der Waals surface area contributed by atoms with Crippen LogP contribution in [0.5, 0.6) is 0 Å². The van der Waals surface area contributed by atoms with Gasteiger partial charge in [-0.15, -0.1) is 0 Å². The predicted octanol–water partition coefficient (Wildman–Crippen LogP) is 3.65. The second kappa shape index (κ2) is 11.9. The van der Waals surface area contributed by atoms with Crippen molar-refractivity contribution in [2.75, 3.05) is 13.1 Å². The van der Waals surface area contributed by atoms with Gasteiger partial charge in [0.15, 0.2) is 0 Å². The van der Waals surface area contributed by atoms with Crippen LogP contribution in [0.2, 0.25) is 0 Å². The second-order valence-corrected chi connectivity index (χ2v) is 7.05. The summed E-state index contributed by atoms with van der Waals surface area (Å²) in [5.41, 5.74) is 1.86. The zero-order valence-corrected chi connectivity index (χ0v) is 17.2. The molecule has 0 aliphatic rings. The van der Waals surface area contributed by atoms with Gasteiger partial charge in [0.1, 0.15) is 11.5 Å². The van der Waals surface area contributed by atoms with Crippen LogP contribution in [0, 0.1) is 12.7 Å². The summed E-state index contributed by atoms with van der Waals surface area (Å²) in [6.07, 6.45) is 7.39. The van der Waals surface area contributed by atoms with Crippen molar-refractivity contribution in [1.82, 2.24) is 20.2 Å². The third-order valence-corrected chi connectivity index (χ3v) is 4.58. The van der Waals surface area contributed by atoms with Gasteiger partial charge in [-0.05, 0) is 31.0 Å². The van der Waals surface area contributed by atoms with E-state index in [1.807, 2.05) is 6.92 Å². The van der Waals surface area contributed by atoms with E-state index in [1.165, 1.54) is 18.3 Å². The normalized spacial score (nSPS) is 10.6. The van der Waals surface area contributed by atoms with Gasteiger partial charge in [0.25, 0.3) is 5.91 Å².